The molecule has 0 saturated carbocycles. The molecule has 2 aromatic rings. The number of rotatable bonds is 3. The maximum absolute atomic E-state index is 12.6. The van der Waals surface area contributed by atoms with Crippen molar-refractivity contribution in [3.8, 4) is 0 Å². The molecule has 0 spiro atoms. The summed E-state index contributed by atoms with van der Waals surface area (Å²) in [6, 6.07) is 8.27. The molecule has 0 radical (unpaired) electrons. The van der Waals surface area contributed by atoms with Crippen molar-refractivity contribution in [1.29, 1.82) is 0 Å². The van der Waals surface area contributed by atoms with Crippen LogP contribution in [0.4, 0.5) is 5.95 Å². The van der Waals surface area contributed by atoms with Crippen molar-refractivity contribution in [3.63, 3.8) is 0 Å². The van der Waals surface area contributed by atoms with Gasteiger partial charge in [0, 0.05) is 66.8 Å². The summed E-state index contributed by atoms with van der Waals surface area (Å²) in [5.74, 6) is 0.960. The predicted molar refractivity (Wildman–Crippen MR) is 109 cm³/mol. The van der Waals surface area contributed by atoms with Crippen LogP contribution >= 0.6 is 22.6 Å². The summed E-state index contributed by atoms with van der Waals surface area (Å²) in [4.78, 5) is 28.0. The molecular formula is C19H22IN5O. The molecular weight excluding hydrogens is 441 g/mol. The molecule has 0 aliphatic carbocycles. The number of carbonyl (C=O) groups is 1. The zero-order valence-electron chi connectivity index (χ0n) is 14.8. The Bertz CT molecular complexity index is 786. The Morgan fingerprint density at radius 3 is 2.46 bits per heavy atom. The lowest BCUT2D eigenvalue weighted by molar-refractivity contribution is 0.0246. The van der Waals surface area contributed by atoms with E-state index >= 15 is 0 Å². The van der Waals surface area contributed by atoms with Crippen LogP contribution in [-0.4, -0.2) is 71.0 Å². The fraction of sp³-hybridized carbons (Fsp3) is 0.421. The fourth-order valence-corrected chi connectivity index (χ4v) is 4.02. The van der Waals surface area contributed by atoms with Gasteiger partial charge in [0.25, 0.3) is 5.91 Å². The summed E-state index contributed by atoms with van der Waals surface area (Å²) in [6.45, 7) is 7.57. The van der Waals surface area contributed by atoms with Crippen molar-refractivity contribution in [2.45, 2.75) is 13.0 Å². The Kier molecular flexibility index (Phi) is 5.08. The number of nitrogens with zero attached hydrogens (tertiary/aromatic N) is 5. The van der Waals surface area contributed by atoms with Crippen molar-refractivity contribution in [3.05, 3.63) is 51.4 Å². The Morgan fingerprint density at radius 2 is 1.81 bits per heavy atom. The van der Waals surface area contributed by atoms with Crippen LogP contribution in [0.1, 0.15) is 15.9 Å². The third kappa shape index (κ3) is 3.55. The second-order valence-electron chi connectivity index (χ2n) is 6.90. The lowest BCUT2D eigenvalue weighted by Crippen LogP contribution is -2.64. The zero-order chi connectivity index (χ0) is 18.1. The fourth-order valence-electron chi connectivity index (χ4n) is 3.50. The lowest BCUT2D eigenvalue weighted by atomic mass is 10.0. The van der Waals surface area contributed by atoms with E-state index in [1.807, 2.05) is 29.2 Å². The first-order valence-electron chi connectivity index (χ1n) is 8.93. The molecule has 2 aliphatic rings. The number of likely N-dealkylation sites (tertiary alicyclic amines) is 1. The van der Waals surface area contributed by atoms with Crippen LogP contribution in [0.25, 0.3) is 0 Å². The Morgan fingerprint density at radius 1 is 1.12 bits per heavy atom. The van der Waals surface area contributed by atoms with Gasteiger partial charge in [0.2, 0.25) is 5.95 Å². The topological polar surface area (TPSA) is 52.6 Å². The predicted octanol–water partition coefficient (Wildman–Crippen LogP) is 2.04. The maximum Gasteiger partial charge on any atom is 0.253 e. The van der Waals surface area contributed by atoms with Gasteiger partial charge in [-0.1, -0.05) is 6.07 Å². The second-order valence-corrected chi connectivity index (χ2v) is 8.06. The molecule has 0 bridgehead atoms. The van der Waals surface area contributed by atoms with Crippen LogP contribution in [0, 0.1) is 10.5 Å². The van der Waals surface area contributed by atoms with Crippen molar-refractivity contribution in [2.24, 2.45) is 0 Å². The van der Waals surface area contributed by atoms with Gasteiger partial charge in [-0.05, 0) is 53.3 Å². The number of carbonyl (C=O) groups excluding carboxylic acids is 1. The van der Waals surface area contributed by atoms with Crippen LogP contribution in [0.2, 0.25) is 0 Å². The lowest BCUT2D eigenvalue weighted by Gasteiger charge is -2.48. The third-order valence-corrected chi connectivity index (χ3v) is 6.40. The number of hydrogen-bond donors (Lipinski definition) is 0. The molecule has 1 amide bonds. The zero-order valence-corrected chi connectivity index (χ0v) is 17.0. The standard InChI is InChI=1S/C19H22IN5O/c1-14-3-4-15(11-17(14)20)18(26)25-12-16(13-25)23-7-9-24(10-8-23)19-21-5-2-6-22-19/h2-6,11,16H,7-10,12-13H2,1H3. The molecule has 1 aromatic heterocycles. The smallest absolute Gasteiger partial charge is 0.253 e. The quantitative estimate of drug-likeness (QED) is 0.653. The van der Waals surface area contributed by atoms with Gasteiger partial charge in [0.05, 0.1) is 0 Å². The molecule has 136 valence electrons. The third-order valence-electron chi connectivity index (χ3n) is 5.23. The average molecular weight is 463 g/mol. The van der Waals surface area contributed by atoms with Crippen LogP contribution < -0.4 is 4.90 Å². The summed E-state index contributed by atoms with van der Waals surface area (Å²) >= 11 is 2.29. The van der Waals surface area contributed by atoms with Gasteiger partial charge in [-0.3, -0.25) is 9.69 Å². The number of benzene rings is 1. The van der Waals surface area contributed by atoms with E-state index in [4.69, 9.17) is 0 Å². The Balaban J connectivity index is 1.29. The van der Waals surface area contributed by atoms with E-state index in [0.717, 1.165) is 54.4 Å². The first kappa shape index (κ1) is 17.7. The maximum atomic E-state index is 12.6. The highest BCUT2D eigenvalue weighted by Gasteiger charge is 2.36. The van der Waals surface area contributed by atoms with Gasteiger partial charge in [0.1, 0.15) is 0 Å². The van der Waals surface area contributed by atoms with E-state index < -0.39 is 0 Å². The molecule has 2 aliphatic heterocycles. The summed E-state index contributed by atoms with van der Waals surface area (Å²) in [7, 11) is 0. The minimum absolute atomic E-state index is 0.149. The molecule has 0 N–H and O–H groups in total. The van der Waals surface area contributed by atoms with Gasteiger partial charge < -0.3 is 9.80 Å². The summed E-state index contributed by atoms with van der Waals surface area (Å²) in [5.41, 5.74) is 2.01. The SMILES string of the molecule is Cc1ccc(C(=O)N2CC(N3CCN(c4ncccn4)CC3)C2)cc1I. The molecule has 1 aromatic carbocycles. The minimum atomic E-state index is 0.149. The van der Waals surface area contributed by atoms with Crippen LogP contribution in [-0.2, 0) is 0 Å². The molecule has 2 saturated heterocycles. The summed E-state index contributed by atoms with van der Waals surface area (Å²) < 4.78 is 1.14. The van der Waals surface area contributed by atoms with Crippen LogP contribution in [0.5, 0.6) is 0 Å². The highest BCUT2D eigenvalue weighted by molar-refractivity contribution is 14.1. The average Bonchev–Trinajstić information content (AvgIpc) is 2.64. The summed E-state index contributed by atoms with van der Waals surface area (Å²) in [5, 5.41) is 0. The van der Waals surface area contributed by atoms with Crippen molar-refractivity contribution < 1.29 is 4.79 Å². The molecule has 0 atom stereocenters. The molecule has 2 fully saturated rings. The van der Waals surface area contributed by atoms with Gasteiger partial charge in [-0.2, -0.15) is 0 Å². The van der Waals surface area contributed by atoms with Crippen molar-refractivity contribution in [1.82, 2.24) is 19.8 Å². The van der Waals surface area contributed by atoms with Gasteiger partial charge in [-0.15, -0.1) is 0 Å². The Hall–Kier alpha value is -1.74. The van der Waals surface area contributed by atoms with E-state index in [9.17, 15) is 4.79 Å². The van der Waals surface area contributed by atoms with Crippen LogP contribution in [0.3, 0.4) is 0 Å². The molecule has 0 unspecified atom stereocenters. The molecule has 4 rings (SSSR count). The number of hydrogen-bond acceptors (Lipinski definition) is 5. The number of piperazine rings is 1. The van der Waals surface area contributed by atoms with E-state index in [0.29, 0.717) is 6.04 Å². The molecule has 26 heavy (non-hydrogen) atoms. The number of aryl methyl sites for hydroxylation is 1. The highest BCUT2D eigenvalue weighted by atomic mass is 127. The van der Waals surface area contributed by atoms with Crippen molar-refractivity contribution >= 4 is 34.4 Å². The second kappa shape index (κ2) is 7.48. The monoisotopic (exact) mass is 463 g/mol. The number of aromatic nitrogens is 2. The molecule has 6 nitrogen and oxygen atoms in total. The van der Waals surface area contributed by atoms with E-state index in [-0.39, 0.29) is 5.91 Å². The minimum Gasteiger partial charge on any atom is -0.338 e. The van der Waals surface area contributed by atoms with E-state index in [1.54, 1.807) is 12.4 Å². The van der Waals surface area contributed by atoms with Crippen molar-refractivity contribution in [2.75, 3.05) is 44.2 Å². The molecule has 3 heterocycles. The number of halogens is 1. The largest absolute Gasteiger partial charge is 0.338 e. The van der Waals surface area contributed by atoms with Crippen LogP contribution in [0.15, 0.2) is 36.7 Å². The van der Waals surface area contributed by atoms with Gasteiger partial charge >= 0.3 is 0 Å². The van der Waals surface area contributed by atoms with E-state index in [2.05, 4.69) is 49.3 Å². The number of amides is 1. The van der Waals surface area contributed by atoms with E-state index in [1.165, 1.54) is 5.56 Å². The van der Waals surface area contributed by atoms with Gasteiger partial charge in [-0.25, -0.2) is 9.97 Å². The first-order valence-corrected chi connectivity index (χ1v) is 10.0. The summed E-state index contributed by atoms with van der Waals surface area (Å²) in [6.07, 6.45) is 3.58. The molecule has 7 heteroatoms. The number of anilines is 1. The highest BCUT2D eigenvalue weighted by Crippen LogP contribution is 2.22. The normalized spacial score (nSPS) is 18.7. The van der Waals surface area contributed by atoms with Gasteiger partial charge in [0.15, 0.2) is 0 Å². The first-order chi connectivity index (χ1) is 12.6. The Labute approximate surface area is 167 Å².